The minimum atomic E-state index is 0.0857. The normalized spacial score (nSPS) is 18.2. The maximum Gasteiger partial charge on any atom is 0.0844 e. The number of aromatic nitrogens is 2. The Kier molecular flexibility index (Phi) is 7.23. The second-order valence-corrected chi connectivity index (χ2v) is 7.56. The van der Waals surface area contributed by atoms with Crippen LogP contribution >= 0.6 is 11.3 Å². The van der Waals surface area contributed by atoms with E-state index in [0.717, 1.165) is 36.4 Å². The van der Waals surface area contributed by atoms with Gasteiger partial charge >= 0.3 is 0 Å². The van der Waals surface area contributed by atoms with Crippen molar-refractivity contribution in [1.29, 1.82) is 0 Å². The van der Waals surface area contributed by atoms with Crippen molar-refractivity contribution in [3.05, 3.63) is 93.7 Å². The number of aliphatic imine (C=N–C) groups is 1. The van der Waals surface area contributed by atoms with Gasteiger partial charge in [0.2, 0.25) is 0 Å². The summed E-state index contributed by atoms with van der Waals surface area (Å²) in [6, 6.07) is 12.6. The molecule has 0 fully saturated rings. The number of fused-ring (bicyclic) bond motifs is 1. The summed E-state index contributed by atoms with van der Waals surface area (Å²) < 4.78 is 0. The number of thiophene rings is 1. The van der Waals surface area contributed by atoms with E-state index in [1.165, 1.54) is 16.0 Å². The van der Waals surface area contributed by atoms with E-state index in [2.05, 4.69) is 58.7 Å². The Labute approximate surface area is 170 Å². The van der Waals surface area contributed by atoms with Crippen molar-refractivity contribution in [3.63, 3.8) is 0 Å². The zero-order valence-corrected chi connectivity index (χ0v) is 17.2. The van der Waals surface area contributed by atoms with E-state index in [9.17, 15) is 0 Å². The fourth-order valence-corrected chi connectivity index (χ4v) is 3.87. The summed E-state index contributed by atoms with van der Waals surface area (Å²) in [6.45, 7) is 4.84. The summed E-state index contributed by atoms with van der Waals surface area (Å²) in [5.41, 5.74) is 10.7. The maximum absolute atomic E-state index is 5.22. The van der Waals surface area contributed by atoms with Crippen LogP contribution in [0.25, 0.3) is 0 Å². The van der Waals surface area contributed by atoms with E-state index < -0.39 is 0 Å². The number of rotatable bonds is 2. The molecule has 4 nitrogen and oxygen atoms in total. The lowest BCUT2D eigenvalue weighted by Gasteiger charge is -2.15. The second-order valence-electron chi connectivity index (χ2n) is 6.62. The van der Waals surface area contributed by atoms with Crippen LogP contribution in [0.15, 0.2) is 77.0 Å². The van der Waals surface area contributed by atoms with Crippen LogP contribution in [0.4, 0.5) is 0 Å². The van der Waals surface area contributed by atoms with Gasteiger partial charge in [0.25, 0.3) is 0 Å². The molecule has 0 amide bonds. The molecule has 3 aromatic heterocycles. The lowest BCUT2D eigenvalue weighted by Crippen LogP contribution is -2.09. The minimum absolute atomic E-state index is 0.0857. The summed E-state index contributed by atoms with van der Waals surface area (Å²) >= 11 is 1.73. The van der Waals surface area contributed by atoms with E-state index in [-0.39, 0.29) is 6.04 Å². The van der Waals surface area contributed by atoms with Gasteiger partial charge in [-0.1, -0.05) is 24.6 Å². The molecule has 28 heavy (non-hydrogen) atoms. The molecule has 0 aliphatic carbocycles. The molecule has 1 unspecified atom stereocenters. The second kappa shape index (κ2) is 10.1. The topological polar surface area (TPSA) is 64.2 Å². The van der Waals surface area contributed by atoms with Gasteiger partial charge in [-0.3, -0.25) is 15.0 Å². The Bertz CT molecular complexity index is 930. The van der Waals surface area contributed by atoms with Gasteiger partial charge < -0.3 is 5.73 Å². The SMILES string of the molecule is C/C1=C\Cc2ncccc2C(c2cccs2)=NC(c2ccncc2)C1.CCN. The molecule has 3 aromatic rings. The highest BCUT2D eigenvalue weighted by Gasteiger charge is 2.19. The van der Waals surface area contributed by atoms with Crippen LogP contribution in [0.3, 0.4) is 0 Å². The van der Waals surface area contributed by atoms with Crippen molar-refractivity contribution < 1.29 is 0 Å². The zero-order chi connectivity index (χ0) is 19.8. The molecule has 4 rings (SSSR count). The van der Waals surface area contributed by atoms with Crippen LogP contribution in [-0.4, -0.2) is 22.2 Å². The summed E-state index contributed by atoms with van der Waals surface area (Å²) in [5, 5.41) is 2.10. The number of nitrogens with zero attached hydrogens (tertiary/aromatic N) is 3. The summed E-state index contributed by atoms with van der Waals surface area (Å²) in [7, 11) is 0. The van der Waals surface area contributed by atoms with Crippen molar-refractivity contribution in [3.8, 4) is 0 Å². The number of allylic oxidation sites excluding steroid dienone is 1. The van der Waals surface area contributed by atoms with Crippen molar-refractivity contribution in [2.45, 2.75) is 32.7 Å². The highest BCUT2D eigenvalue weighted by atomic mass is 32.1. The fourth-order valence-electron chi connectivity index (χ4n) is 3.13. The average molecular weight is 391 g/mol. The van der Waals surface area contributed by atoms with Gasteiger partial charge in [-0.2, -0.15) is 0 Å². The molecule has 5 heteroatoms. The van der Waals surface area contributed by atoms with Gasteiger partial charge in [0.1, 0.15) is 0 Å². The molecule has 0 saturated carbocycles. The van der Waals surface area contributed by atoms with E-state index in [4.69, 9.17) is 10.7 Å². The Balaban J connectivity index is 0.000000706. The van der Waals surface area contributed by atoms with Gasteiger partial charge in [0, 0.05) is 30.6 Å². The summed E-state index contributed by atoms with van der Waals surface area (Å²) in [6.07, 6.45) is 9.59. The predicted molar refractivity (Wildman–Crippen MR) is 118 cm³/mol. The van der Waals surface area contributed by atoms with E-state index in [1.807, 2.05) is 31.6 Å². The Morgan fingerprint density at radius 1 is 1.11 bits per heavy atom. The van der Waals surface area contributed by atoms with E-state index in [1.54, 1.807) is 11.3 Å². The van der Waals surface area contributed by atoms with Crippen molar-refractivity contribution in [2.24, 2.45) is 10.7 Å². The van der Waals surface area contributed by atoms with Gasteiger partial charge in [0.05, 0.1) is 22.3 Å². The van der Waals surface area contributed by atoms with Gasteiger partial charge in [-0.05, 0) is 61.2 Å². The van der Waals surface area contributed by atoms with Gasteiger partial charge in [-0.25, -0.2) is 0 Å². The highest BCUT2D eigenvalue weighted by molar-refractivity contribution is 7.12. The van der Waals surface area contributed by atoms with Gasteiger partial charge in [0.15, 0.2) is 0 Å². The Morgan fingerprint density at radius 3 is 2.61 bits per heavy atom. The molecule has 144 valence electrons. The molecule has 0 radical (unpaired) electrons. The number of nitrogens with two attached hydrogens (primary N) is 1. The van der Waals surface area contributed by atoms with Crippen LogP contribution in [0.1, 0.15) is 48.0 Å². The van der Waals surface area contributed by atoms with Crippen molar-refractivity contribution in [2.75, 3.05) is 6.54 Å². The molecular weight excluding hydrogens is 364 g/mol. The first-order valence-corrected chi connectivity index (χ1v) is 10.4. The van der Waals surface area contributed by atoms with E-state index in [0.29, 0.717) is 0 Å². The van der Waals surface area contributed by atoms with Crippen LogP contribution in [0.5, 0.6) is 0 Å². The molecule has 1 aliphatic heterocycles. The third-order valence-electron chi connectivity index (χ3n) is 4.43. The molecule has 4 heterocycles. The first-order valence-electron chi connectivity index (χ1n) is 9.54. The highest BCUT2D eigenvalue weighted by Crippen LogP contribution is 2.30. The molecular formula is C23H26N4S. The van der Waals surface area contributed by atoms with Crippen LogP contribution in [-0.2, 0) is 6.42 Å². The maximum atomic E-state index is 5.22. The molecule has 2 N–H and O–H groups in total. The molecule has 1 aliphatic rings. The molecule has 0 bridgehead atoms. The summed E-state index contributed by atoms with van der Waals surface area (Å²) in [4.78, 5) is 15.2. The zero-order valence-electron chi connectivity index (χ0n) is 16.4. The minimum Gasteiger partial charge on any atom is -0.331 e. The lowest BCUT2D eigenvalue weighted by atomic mass is 10.0. The third kappa shape index (κ3) is 5.00. The average Bonchev–Trinajstić information content (AvgIpc) is 3.26. The monoisotopic (exact) mass is 390 g/mol. The van der Waals surface area contributed by atoms with E-state index >= 15 is 0 Å². The van der Waals surface area contributed by atoms with Crippen molar-refractivity contribution in [1.82, 2.24) is 9.97 Å². The largest absolute Gasteiger partial charge is 0.331 e. The Morgan fingerprint density at radius 2 is 1.89 bits per heavy atom. The fraction of sp³-hybridized carbons (Fsp3) is 0.261. The third-order valence-corrected chi connectivity index (χ3v) is 5.31. The first-order chi connectivity index (χ1) is 13.7. The standard InChI is InChI=1S/C21H19N3S.C2H7N/c1-15-6-7-18-17(4-2-10-23-18)21(20-5-3-13-25-20)24-19(14-15)16-8-11-22-12-9-16;1-2-3/h2-6,8-13,19H,7,14H2,1H3;2-3H2,1H3/b15-6+,24-21?;. The quantitative estimate of drug-likeness (QED) is 0.628. The van der Waals surface area contributed by atoms with Crippen LogP contribution < -0.4 is 5.73 Å². The Hall–Kier alpha value is -2.63. The molecule has 0 spiro atoms. The predicted octanol–water partition coefficient (Wildman–Crippen LogP) is 4.97. The van der Waals surface area contributed by atoms with Crippen LogP contribution in [0, 0.1) is 0 Å². The van der Waals surface area contributed by atoms with Crippen LogP contribution in [0.2, 0.25) is 0 Å². The molecule has 0 saturated heterocycles. The van der Waals surface area contributed by atoms with Gasteiger partial charge in [-0.15, -0.1) is 11.3 Å². The van der Waals surface area contributed by atoms with Crippen molar-refractivity contribution >= 4 is 17.0 Å². The number of pyridine rings is 2. The number of hydrogen-bond donors (Lipinski definition) is 1. The molecule has 1 atom stereocenters. The first kappa shape index (κ1) is 20.1. The lowest BCUT2D eigenvalue weighted by molar-refractivity contribution is 0.716. The number of hydrogen-bond acceptors (Lipinski definition) is 5. The summed E-state index contributed by atoms with van der Waals surface area (Å²) in [5.74, 6) is 0. The molecule has 0 aromatic carbocycles. The smallest absolute Gasteiger partial charge is 0.0844 e.